The maximum absolute atomic E-state index is 11.5. The van der Waals surface area contributed by atoms with Crippen LogP contribution in [-0.4, -0.2) is 34.5 Å². The average molecular weight is 247 g/mol. The number of aliphatic carboxylic acids is 1. The van der Waals surface area contributed by atoms with E-state index in [1.165, 1.54) is 11.8 Å². The second kappa shape index (κ2) is 4.80. The van der Waals surface area contributed by atoms with Crippen molar-refractivity contribution in [1.82, 2.24) is 4.90 Å². The van der Waals surface area contributed by atoms with E-state index in [2.05, 4.69) is 0 Å². The van der Waals surface area contributed by atoms with Gasteiger partial charge in [0.2, 0.25) is 5.91 Å². The Kier molecular flexibility index (Phi) is 3.36. The fraction of sp³-hybridized carbons (Fsp3) is 0.429. The molecule has 1 saturated heterocycles. The van der Waals surface area contributed by atoms with Gasteiger partial charge in [0.1, 0.15) is 6.04 Å². The summed E-state index contributed by atoms with van der Waals surface area (Å²) < 4.78 is 0. The van der Waals surface area contributed by atoms with E-state index in [1.54, 1.807) is 0 Å². The fourth-order valence-electron chi connectivity index (χ4n) is 2.70. The van der Waals surface area contributed by atoms with Crippen molar-refractivity contribution in [2.75, 3.05) is 6.54 Å². The molecule has 1 fully saturated rings. The van der Waals surface area contributed by atoms with Crippen molar-refractivity contribution in [3.05, 3.63) is 35.4 Å². The van der Waals surface area contributed by atoms with Gasteiger partial charge in [0.05, 0.1) is 0 Å². The summed E-state index contributed by atoms with van der Waals surface area (Å²) in [4.78, 5) is 24.3. The van der Waals surface area contributed by atoms with Gasteiger partial charge in [-0.3, -0.25) is 4.79 Å². The number of nitrogens with zero attached hydrogens (tertiary/aromatic N) is 1. The zero-order chi connectivity index (χ0) is 13.3. The maximum Gasteiger partial charge on any atom is 0.327 e. The molecule has 0 aliphatic carbocycles. The van der Waals surface area contributed by atoms with Crippen LogP contribution in [0.15, 0.2) is 24.3 Å². The molecule has 2 atom stereocenters. The van der Waals surface area contributed by atoms with Crippen LogP contribution < -0.4 is 0 Å². The van der Waals surface area contributed by atoms with Crippen LogP contribution in [0.3, 0.4) is 0 Å². The summed E-state index contributed by atoms with van der Waals surface area (Å²) in [7, 11) is 0. The number of likely N-dealkylation sites (tertiary alicyclic amines) is 1. The monoisotopic (exact) mass is 247 g/mol. The minimum Gasteiger partial charge on any atom is -0.480 e. The van der Waals surface area contributed by atoms with Crippen molar-refractivity contribution in [1.29, 1.82) is 0 Å². The summed E-state index contributed by atoms with van der Waals surface area (Å²) in [5.41, 5.74) is 2.11. The van der Waals surface area contributed by atoms with Crippen molar-refractivity contribution in [3.63, 3.8) is 0 Å². The second-order valence-corrected chi connectivity index (χ2v) is 4.80. The minimum absolute atomic E-state index is 0.105. The lowest BCUT2D eigenvalue weighted by Crippen LogP contribution is -2.41. The second-order valence-electron chi connectivity index (χ2n) is 4.80. The molecule has 1 N–H and O–H groups in total. The van der Waals surface area contributed by atoms with E-state index in [9.17, 15) is 14.7 Å². The number of amides is 1. The third-order valence-electron chi connectivity index (χ3n) is 3.53. The molecule has 1 heterocycles. The molecule has 1 aliphatic rings. The van der Waals surface area contributed by atoms with Crippen molar-refractivity contribution < 1.29 is 14.7 Å². The van der Waals surface area contributed by atoms with E-state index in [0.717, 1.165) is 11.1 Å². The van der Waals surface area contributed by atoms with Crippen LogP contribution in [0.5, 0.6) is 0 Å². The van der Waals surface area contributed by atoms with Gasteiger partial charge in [-0.15, -0.1) is 0 Å². The number of carboxylic acid groups (broad SMARTS) is 1. The number of hydrogen-bond donors (Lipinski definition) is 1. The first-order valence-corrected chi connectivity index (χ1v) is 6.07. The molecule has 0 bridgehead atoms. The van der Waals surface area contributed by atoms with Crippen molar-refractivity contribution in [2.45, 2.75) is 32.2 Å². The Morgan fingerprint density at radius 3 is 2.67 bits per heavy atom. The van der Waals surface area contributed by atoms with Crippen LogP contribution in [0.1, 0.15) is 30.4 Å². The van der Waals surface area contributed by atoms with E-state index in [0.29, 0.717) is 13.0 Å². The molecular weight excluding hydrogens is 230 g/mol. The van der Waals surface area contributed by atoms with Gasteiger partial charge in [-0.2, -0.15) is 0 Å². The number of rotatable bonds is 2. The van der Waals surface area contributed by atoms with E-state index < -0.39 is 12.0 Å². The van der Waals surface area contributed by atoms with Crippen molar-refractivity contribution in [3.8, 4) is 0 Å². The van der Waals surface area contributed by atoms with Crippen molar-refractivity contribution in [2.24, 2.45) is 0 Å². The van der Waals surface area contributed by atoms with Gasteiger partial charge >= 0.3 is 5.97 Å². The molecule has 0 aromatic heterocycles. The van der Waals surface area contributed by atoms with Gasteiger partial charge in [-0.1, -0.05) is 29.8 Å². The minimum atomic E-state index is -0.922. The summed E-state index contributed by atoms with van der Waals surface area (Å²) in [6, 6.07) is 7.13. The highest BCUT2D eigenvalue weighted by Crippen LogP contribution is 2.34. The zero-order valence-electron chi connectivity index (χ0n) is 10.6. The summed E-state index contributed by atoms with van der Waals surface area (Å²) >= 11 is 0. The van der Waals surface area contributed by atoms with Gasteiger partial charge in [-0.25, -0.2) is 4.79 Å². The number of benzene rings is 1. The zero-order valence-corrected chi connectivity index (χ0v) is 10.6. The number of carbonyl (C=O) groups is 2. The molecule has 4 heteroatoms. The number of hydrogen-bond acceptors (Lipinski definition) is 2. The topological polar surface area (TPSA) is 57.6 Å². The Bertz CT molecular complexity index is 484. The molecule has 4 nitrogen and oxygen atoms in total. The molecule has 96 valence electrons. The van der Waals surface area contributed by atoms with Crippen LogP contribution in [-0.2, 0) is 9.59 Å². The van der Waals surface area contributed by atoms with Gasteiger partial charge < -0.3 is 10.0 Å². The van der Waals surface area contributed by atoms with Crippen molar-refractivity contribution >= 4 is 11.9 Å². The molecule has 18 heavy (non-hydrogen) atoms. The van der Waals surface area contributed by atoms with Crippen LogP contribution in [0.25, 0.3) is 0 Å². The third kappa shape index (κ3) is 2.23. The highest BCUT2D eigenvalue weighted by atomic mass is 16.4. The molecule has 2 rings (SSSR count). The average Bonchev–Trinajstić information content (AvgIpc) is 2.73. The van der Waals surface area contributed by atoms with Gasteiger partial charge in [0, 0.05) is 19.4 Å². The summed E-state index contributed by atoms with van der Waals surface area (Å²) in [6.07, 6.45) is 0.708. The maximum atomic E-state index is 11.5. The Labute approximate surface area is 106 Å². The van der Waals surface area contributed by atoms with Crippen LogP contribution in [0.2, 0.25) is 0 Å². The predicted molar refractivity (Wildman–Crippen MR) is 67.3 cm³/mol. The molecule has 1 amide bonds. The Morgan fingerprint density at radius 2 is 2.11 bits per heavy atom. The molecule has 0 saturated carbocycles. The van der Waals surface area contributed by atoms with E-state index >= 15 is 0 Å². The highest BCUT2D eigenvalue weighted by molar-refractivity contribution is 5.84. The van der Waals surface area contributed by atoms with E-state index in [4.69, 9.17) is 0 Å². The predicted octanol–water partition coefficient (Wildman–Crippen LogP) is 1.78. The summed E-state index contributed by atoms with van der Waals surface area (Å²) in [5, 5.41) is 9.34. The summed E-state index contributed by atoms with van der Waals surface area (Å²) in [5.74, 6) is -1.20. The van der Waals surface area contributed by atoms with Crippen LogP contribution in [0.4, 0.5) is 0 Å². The SMILES string of the molecule is CC(=O)N1CCC(c2cccc(C)c2)C1C(=O)O. The molecular formula is C14H17NO3. The van der Waals surface area contributed by atoms with Crippen LogP contribution in [0, 0.1) is 6.92 Å². The Balaban J connectivity index is 2.33. The van der Waals surface area contributed by atoms with Gasteiger partial charge in [-0.05, 0) is 18.9 Å². The number of carboxylic acids is 1. The third-order valence-corrected chi connectivity index (χ3v) is 3.53. The quantitative estimate of drug-likeness (QED) is 0.866. The molecule has 1 aromatic rings. The first-order chi connectivity index (χ1) is 8.50. The molecule has 1 aliphatic heterocycles. The Hall–Kier alpha value is -1.84. The normalized spacial score (nSPS) is 23.1. The lowest BCUT2D eigenvalue weighted by molar-refractivity contribution is -0.147. The lowest BCUT2D eigenvalue weighted by Gasteiger charge is -2.23. The first kappa shape index (κ1) is 12.6. The number of carbonyl (C=O) groups excluding carboxylic acids is 1. The van der Waals surface area contributed by atoms with Crippen LogP contribution >= 0.6 is 0 Å². The molecule has 1 aromatic carbocycles. The summed E-state index contributed by atoms with van der Waals surface area (Å²) in [6.45, 7) is 3.93. The molecule has 2 unspecified atom stereocenters. The van der Waals surface area contributed by atoms with E-state index in [1.807, 2.05) is 31.2 Å². The number of aryl methyl sites for hydroxylation is 1. The largest absolute Gasteiger partial charge is 0.480 e. The lowest BCUT2D eigenvalue weighted by atomic mass is 9.91. The van der Waals surface area contributed by atoms with Gasteiger partial charge in [0.15, 0.2) is 0 Å². The standard InChI is InChI=1S/C14H17NO3/c1-9-4-3-5-11(8-9)12-6-7-15(10(2)16)13(12)14(17)18/h3-5,8,12-13H,6-7H2,1-2H3,(H,17,18). The van der Waals surface area contributed by atoms with E-state index in [-0.39, 0.29) is 11.8 Å². The Morgan fingerprint density at radius 1 is 1.39 bits per heavy atom. The smallest absolute Gasteiger partial charge is 0.327 e. The fourth-order valence-corrected chi connectivity index (χ4v) is 2.70. The molecule has 0 spiro atoms. The first-order valence-electron chi connectivity index (χ1n) is 6.07. The molecule has 0 radical (unpaired) electrons. The van der Waals surface area contributed by atoms with Gasteiger partial charge in [0.25, 0.3) is 0 Å². The highest BCUT2D eigenvalue weighted by Gasteiger charge is 2.41.